The fourth-order valence-corrected chi connectivity index (χ4v) is 2.21. The fourth-order valence-electron chi connectivity index (χ4n) is 1.20. The molecular weight excluding hydrogens is 241 g/mol. The van der Waals surface area contributed by atoms with Gasteiger partial charge in [-0.05, 0) is 12.5 Å². The second-order valence-corrected chi connectivity index (χ2v) is 4.88. The van der Waals surface area contributed by atoms with Crippen molar-refractivity contribution in [2.45, 2.75) is 12.4 Å². The lowest BCUT2D eigenvalue weighted by Gasteiger charge is -2.11. The second-order valence-electron chi connectivity index (χ2n) is 2.97. The topological polar surface area (TPSA) is 34.1 Å². The number of sulfone groups is 1. The number of hydrogen-bond acceptors (Lipinski definition) is 2. The predicted octanol–water partition coefficient (Wildman–Crippen LogP) is 2.98. The molecule has 0 saturated carbocycles. The maximum absolute atomic E-state index is 12.3. The number of hydrogen-bond donors (Lipinski definition) is 0. The molecule has 6 heteroatoms. The zero-order chi connectivity index (χ0) is 12.4. The van der Waals surface area contributed by atoms with E-state index >= 15 is 0 Å². The Balaban J connectivity index is 3.33. The van der Waals surface area contributed by atoms with Crippen molar-refractivity contribution < 1.29 is 21.6 Å². The minimum absolute atomic E-state index is 0.0299. The lowest BCUT2D eigenvalue weighted by molar-refractivity contribution is -0.0420. The van der Waals surface area contributed by atoms with Gasteiger partial charge >= 0.3 is 5.51 Å². The molecule has 2 nitrogen and oxygen atoms in total. The van der Waals surface area contributed by atoms with E-state index in [0.29, 0.717) is 0 Å². The number of benzene rings is 1. The Morgan fingerprint density at radius 3 is 2.06 bits per heavy atom. The van der Waals surface area contributed by atoms with Crippen molar-refractivity contribution in [2.24, 2.45) is 0 Å². The minimum atomic E-state index is -5.28. The van der Waals surface area contributed by atoms with Gasteiger partial charge in [0.2, 0.25) is 0 Å². The molecule has 0 aliphatic rings. The zero-order valence-electron chi connectivity index (χ0n) is 8.32. The van der Waals surface area contributed by atoms with E-state index in [4.69, 9.17) is 0 Å². The van der Waals surface area contributed by atoms with Crippen LogP contribution in [0.4, 0.5) is 13.2 Å². The van der Waals surface area contributed by atoms with Crippen LogP contribution in [0.1, 0.15) is 12.5 Å². The molecule has 0 atom stereocenters. The Morgan fingerprint density at radius 2 is 1.69 bits per heavy atom. The Labute approximate surface area is 91.3 Å². The third-order valence-electron chi connectivity index (χ3n) is 1.91. The van der Waals surface area contributed by atoms with Crippen LogP contribution in [0.5, 0.6) is 0 Å². The third kappa shape index (κ3) is 2.27. The molecule has 88 valence electrons. The van der Waals surface area contributed by atoms with Crippen molar-refractivity contribution in [3.63, 3.8) is 0 Å². The van der Waals surface area contributed by atoms with E-state index in [1.54, 1.807) is 6.07 Å². The van der Waals surface area contributed by atoms with Crippen LogP contribution < -0.4 is 0 Å². The molecule has 0 N–H and O–H groups in total. The second kappa shape index (κ2) is 4.29. The Kier molecular flexibility index (Phi) is 3.42. The molecule has 0 bridgehead atoms. The summed E-state index contributed by atoms with van der Waals surface area (Å²) < 4.78 is 59.4. The molecule has 0 aliphatic heterocycles. The quantitative estimate of drug-likeness (QED) is 0.808. The van der Waals surface area contributed by atoms with Crippen molar-refractivity contribution in [1.29, 1.82) is 0 Å². The van der Waals surface area contributed by atoms with Crippen molar-refractivity contribution in [3.05, 3.63) is 42.0 Å². The van der Waals surface area contributed by atoms with Gasteiger partial charge in [-0.3, -0.25) is 0 Å². The van der Waals surface area contributed by atoms with Crippen LogP contribution in [0.3, 0.4) is 0 Å². The molecule has 0 radical (unpaired) electrons. The highest BCUT2D eigenvalue weighted by Gasteiger charge is 2.48. The monoisotopic (exact) mass is 250 g/mol. The van der Waals surface area contributed by atoms with Crippen LogP contribution in [0.2, 0.25) is 0 Å². The number of rotatable bonds is 2. The SMILES string of the molecule is CC=C(c1ccccc1)S(=O)(=O)C(F)(F)F. The molecule has 0 heterocycles. The van der Waals surface area contributed by atoms with E-state index in [1.807, 2.05) is 0 Å². The van der Waals surface area contributed by atoms with Gasteiger partial charge in [0.25, 0.3) is 9.84 Å². The van der Waals surface area contributed by atoms with Crippen LogP contribution in [0.25, 0.3) is 4.91 Å². The normalized spacial score (nSPS) is 13.9. The van der Waals surface area contributed by atoms with Crippen molar-refractivity contribution in [1.82, 2.24) is 0 Å². The van der Waals surface area contributed by atoms with Crippen LogP contribution in [0.15, 0.2) is 36.4 Å². The largest absolute Gasteiger partial charge is 0.501 e. The fraction of sp³-hybridized carbons (Fsp3) is 0.200. The zero-order valence-corrected chi connectivity index (χ0v) is 9.14. The number of alkyl halides is 3. The van der Waals surface area contributed by atoms with Crippen LogP contribution in [-0.2, 0) is 9.84 Å². The first-order valence-corrected chi connectivity index (χ1v) is 5.82. The van der Waals surface area contributed by atoms with Gasteiger partial charge in [0.1, 0.15) is 0 Å². The average molecular weight is 250 g/mol. The highest BCUT2D eigenvalue weighted by Crippen LogP contribution is 2.34. The van der Waals surface area contributed by atoms with Gasteiger partial charge in [0.05, 0.1) is 4.91 Å². The average Bonchev–Trinajstić information content (AvgIpc) is 2.18. The Morgan fingerprint density at radius 1 is 1.19 bits per heavy atom. The molecule has 0 unspecified atom stereocenters. The molecule has 0 spiro atoms. The summed E-state index contributed by atoms with van der Waals surface area (Å²) in [6.07, 6.45) is 0.943. The first-order chi connectivity index (χ1) is 7.30. The first kappa shape index (κ1) is 12.8. The molecule has 1 rings (SSSR count). The molecular formula is C10H9F3O2S. The molecule has 0 aliphatic carbocycles. The summed E-state index contributed by atoms with van der Waals surface area (Å²) in [5.41, 5.74) is -5.24. The van der Waals surface area contributed by atoms with Crippen molar-refractivity contribution in [3.8, 4) is 0 Å². The van der Waals surface area contributed by atoms with Gasteiger partial charge in [-0.1, -0.05) is 36.4 Å². The van der Waals surface area contributed by atoms with E-state index in [1.165, 1.54) is 31.2 Å². The summed E-state index contributed by atoms with van der Waals surface area (Å²) in [4.78, 5) is -0.722. The molecule has 16 heavy (non-hydrogen) atoms. The smallest absolute Gasteiger partial charge is 0.214 e. The lowest BCUT2D eigenvalue weighted by atomic mass is 10.2. The van der Waals surface area contributed by atoms with E-state index in [-0.39, 0.29) is 5.56 Å². The standard InChI is InChI=1S/C10H9F3O2S/c1-2-9(8-6-4-3-5-7-8)16(14,15)10(11,12)13/h2-7H,1H3. The predicted molar refractivity (Wildman–Crippen MR) is 55.1 cm³/mol. The molecule has 1 aromatic rings. The molecule has 1 aromatic carbocycles. The summed E-state index contributed by atoms with van der Waals surface area (Å²) >= 11 is 0. The molecule has 0 amide bonds. The summed E-state index contributed by atoms with van der Waals surface area (Å²) in [5, 5.41) is 0. The lowest BCUT2D eigenvalue weighted by Crippen LogP contribution is -2.24. The maximum Gasteiger partial charge on any atom is 0.501 e. The minimum Gasteiger partial charge on any atom is -0.214 e. The van der Waals surface area contributed by atoms with E-state index < -0.39 is 20.3 Å². The van der Waals surface area contributed by atoms with E-state index in [9.17, 15) is 21.6 Å². The van der Waals surface area contributed by atoms with Gasteiger partial charge in [-0.25, -0.2) is 8.42 Å². The third-order valence-corrected chi connectivity index (χ3v) is 3.57. The summed E-state index contributed by atoms with van der Waals surface area (Å²) in [6.45, 7) is 1.26. The molecule has 0 saturated heterocycles. The summed E-state index contributed by atoms with van der Waals surface area (Å²) in [5.74, 6) is 0. The van der Waals surface area contributed by atoms with Crippen molar-refractivity contribution >= 4 is 14.7 Å². The number of allylic oxidation sites excluding steroid dienone is 1. The van der Waals surface area contributed by atoms with Crippen LogP contribution >= 0.6 is 0 Å². The first-order valence-electron chi connectivity index (χ1n) is 4.34. The highest BCUT2D eigenvalue weighted by atomic mass is 32.2. The maximum atomic E-state index is 12.3. The van der Waals surface area contributed by atoms with Gasteiger partial charge in [-0.15, -0.1) is 0 Å². The Hall–Kier alpha value is -1.30. The molecule has 0 aromatic heterocycles. The summed E-state index contributed by atoms with van der Waals surface area (Å²) in [7, 11) is -5.28. The summed E-state index contributed by atoms with van der Waals surface area (Å²) in [6, 6.07) is 7.18. The number of halogens is 3. The van der Waals surface area contributed by atoms with Crippen LogP contribution in [0, 0.1) is 0 Å². The van der Waals surface area contributed by atoms with Gasteiger partial charge < -0.3 is 0 Å². The van der Waals surface area contributed by atoms with Gasteiger partial charge in [0, 0.05) is 0 Å². The molecule has 0 fully saturated rings. The van der Waals surface area contributed by atoms with E-state index in [2.05, 4.69) is 0 Å². The highest BCUT2D eigenvalue weighted by molar-refractivity contribution is 8.01. The van der Waals surface area contributed by atoms with Gasteiger partial charge in [0.15, 0.2) is 0 Å². The van der Waals surface area contributed by atoms with Crippen LogP contribution in [-0.4, -0.2) is 13.9 Å². The van der Waals surface area contributed by atoms with Crippen molar-refractivity contribution in [2.75, 3.05) is 0 Å². The van der Waals surface area contributed by atoms with Gasteiger partial charge in [-0.2, -0.15) is 13.2 Å². The van der Waals surface area contributed by atoms with E-state index in [0.717, 1.165) is 6.08 Å². The Bertz CT molecular complexity index is 487.